The van der Waals surface area contributed by atoms with Crippen LogP contribution in [-0.2, 0) is 62.2 Å². The zero-order valence-electron chi connectivity index (χ0n) is 61.0. The molecule has 3 fully saturated rings. The van der Waals surface area contributed by atoms with Crippen molar-refractivity contribution in [2.24, 2.45) is 35.5 Å². The zero-order chi connectivity index (χ0) is 73.8. The van der Waals surface area contributed by atoms with Crippen LogP contribution < -0.4 is 21.3 Å². The van der Waals surface area contributed by atoms with Crippen LogP contribution in [0.5, 0.6) is 0 Å². The number of nitrogens with one attached hydrogen (secondary N) is 4. The molecule has 11 atom stereocenters. The van der Waals surface area contributed by atoms with Gasteiger partial charge in [-0.25, -0.2) is 0 Å². The summed E-state index contributed by atoms with van der Waals surface area (Å²) in [4.78, 5) is 169. The van der Waals surface area contributed by atoms with Gasteiger partial charge >= 0.3 is 6.18 Å². The standard InChI is InChI=1S/C68H117ClF3N11O14/c1-19-44(9)58-64(93)83(20-2)37-56(86)77(13)36-57(87)80(16)53(39-96-30-27-41(3)4)63(92)78(14)35-54(84)74-49(26-24-46-23-25-47(48(69)34-46)68(70,71)72)62(91)81(17)52(38-97-40-66(11,12)95)61(90)76-67(28-21-22-29-67)65(94)82(18)51(32-43(7)8)59(88)73-45(10)33-55(85)79(15)50(31-42(5)6)60(89)75-58/h41-53,58,95H,19-40H2,1-18H3,(H,73,88)(H,74,84)(H,75,89)(H,76,90)/t44-,45+,46?,47?,48?,49-,50-,51-,52-,53-,58-/m0/s1. The number of carbonyl (C=O) groups is 11. The number of hydrogen-bond donors (Lipinski definition) is 5. The Bertz CT molecular complexity index is 2660. The lowest BCUT2D eigenvalue weighted by atomic mass is 9.78. The Morgan fingerprint density at radius 3 is 1.73 bits per heavy atom. The first-order chi connectivity index (χ1) is 45.0. The van der Waals surface area contributed by atoms with Crippen molar-refractivity contribution in [3.8, 4) is 0 Å². The van der Waals surface area contributed by atoms with E-state index in [2.05, 4.69) is 21.3 Å². The number of likely N-dealkylation sites (N-methyl/N-ethyl adjacent to an activating group) is 7. The molecule has 3 rings (SSSR count). The molecule has 3 aliphatic rings. The summed E-state index contributed by atoms with van der Waals surface area (Å²) in [6.45, 7) is 18.3. The molecule has 5 N–H and O–H groups in total. The minimum Gasteiger partial charge on any atom is -0.388 e. The Morgan fingerprint density at radius 2 is 1.20 bits per heavy atom. The number of ether oxygens (including phenoxy) is 2. The molecule has 2 saturated carbocycles. The topological polar surface area (TPSA) is 297 Å². The number of rotatable bonds is 19. The largest absolute Gasteiger partial charge is 0.393 e. The van der Waals surface area contributed by atoms with Gasteiger partial charge in [0.15, 0.2) is 0 Å². The van der Waals surface area contributed by atoms with Gasteiger partial charge in [0, 0.05) is 73.3 Å². The SMILES string of the molecule is CC[C@H](C)[C@@H]1NC(=O)[C@H](CC(C)C)N(C)C(=O)C[C@@H](C)NC(=O)[C@H](CC(C)C)N(C)C(=O)C2(CCCC2)NC(=O)[C@H](COCC(C)(C)O)N(C)C(=O)[C@H](CCC2CCC(C(F)(F)F)C(Cl)C2)NC(=O)CN(C)C(=O)[C@H](COCCC(C)C)N(C)C(=O)CN(C)C(=O)CN(CC)C1=O. The summed E-state index contributed by atoms with van der Waals surface area (Å²) in [6, 6.07) is -8.71. The van der Waals surface area contributed by atoms with Crippen molar-refractivity contribution in [3.63, 3.8) is 0 Å². The lowest BCUT2D eigenvalue weighted by Gasteiger charge is -2.39. The number of amides is 11. The molecule has 11 amide bonds. The van der Waals surface area contributed by atoms with E-state index < -0.39 is 174 Å². The smallest absolute Gasteiger partial charge is 0.388 e. The molecule has 556 valence electrons. The third-order valence-electron chi connectivity index (χ3n) is 19.0. The summed E-state index contributed by atoms with van der Waals surface area (Å²) >= 11 is 6.37. The van der Waals surface area contributed by atoms with Crippen molar-refractivity contribution in [3.05, 3.63) is 0 Å². The Kier molecular flexibility index (Phi) is 34.0. The van der Waals surface area contributed by atoms with Gasteiger partial charge in [0.05, 0.1) is 51.0 Å². The molecule has 1 heterocycles. The van der Waals surface area contributed by atoms with Crippen LogP contribution in [0.15, 0.2) is 0 Å². The highest BCUT2D eigenvalue weighted by molar-refractivity contribution is 6.20. The third-order valence-corrected chi connectivity index (χ3v) is 19.5. The van der Waals surface area contributed by atoms with Crippen LogP contribution in [0, 0.1) is 35.5 Å². The van der Waals surface area contributed by atoms with Gasteiger partial charge in [-0.05, 0) is 121 Å². The molecule has 29 heteroatoms. The minimum absolute atomic E-state index is 0.0158. The van der Waals surface area contributed by atoms with Crippen LogP contribution in [0.4, 0.5) is 13.2 Å². The number of halogens is 4. The van der Waals surface area contributed by atoms with Gasteiger partial charge in [-0.1, -0.05) is 74.7 Å². The quantitative estimate of drug-likeness (QED) is 0.0864. The molecule has 3 unspecified atom stereocenters. The van der Waals surface area contributed by atoms with Gasteiger partial charge in [0.25, 0.3) is 0 Å². The summed E-state index contributed by atoms with van der Waals surface area (Å²) in [5.41, 5.74) is -3.07. The van der Waals surface area contributed by atoms with E-state index in [1.54, 1.807) is 20.8 Å². The maximum atomic E-state index is 15.3. The van der Waals surface area contributed by atoms with Crippen LogP contribution in [-0.4, -0.2) is 264 Å². The Labute approximate surface area is 578 Å². The second-order valence-electron chi connectivity index (χ2n) is 29.4. The van der Waals surface area contributed by atoms with Crippen molar-refractivity contribution in [2.75, 3.05) is 94.9 Å². The molecule has 0 aromatic heterocycles. The number of nitrogens with zero attached hydrogens (tertiary/aromatic N) is 7. The van der Waals surface area contributed by atoms with E-state index in [9.17, 15) is 56.6 Å². The highest BCUT2D eigenvalue weighted by Crippen LogP contribution is 2.43. The van der Waals surface area contributed by atoms with E-state index in [1.807, 2.05) is 48.5 Å². The fourth-order valence-corrected chi connectivity index (χ4v) is 13.1. The number of hydrogen-bond acceptors (Lipinski definition) is 14. The average molecular weight is 1410 g/mol. The fraction of sp³-hybridized carbons (Fsp3) is 0.838. The molecule has 0 radical (unpaired) electrons. The average Bonchev–Trinajstić information content (AvgIpc) is 1.74. The van der Waals surface area contributed by atoms with Gasteiger partial charge in [-0.15, -0.1) is 11.6 Å². The molecule has 0 aromatic carbocycles. The zero-order valence-corrected chi connectivity index (χ0v) is 61.8. The van der Waals surface area contributed by atoms with E-state index in [4.69, 9.17) is 21.1 Å². The molecule has 97 heavy (non-hydrogen) atoms. The molecule has 25 nitrogen and oxygen atoms in total. The summed E-state index contributed by atoms with van der Waals surface area (Å²) in [7, 11) is 8.16. The van der Waals surface area contributed by atoms with Crippen molar-refractivity contribution >= 4 is 76.6 Å². The molecular formula is C68H117ClF3N11O14. The monoisotopic (exact) mass is 1400 g/mol. The highest BCUT2D eigenvalue weighted by atomic mass is 35.5. The second-order valence-corrected chi connectivity index (χ2v) is 29.9. The van der Waals surface area contributed by atoms with Crippen molar-refractivity contribution in [2.45, 2.75) is 238 Å². The van der Waals surface area contributed by atoms with Gasteiger partial charge in [-0.3, -0.25) is 52.7 Å². The Balaban J connectivity index is 2.28. The van der Waals surface area contributed by atoms with Crippen molar-refractivity contribution < 1.29 is 80.5 Å². The van der Waals surface area contributed by atoms with Crippen LogP contribution in [0.3, 0.4) is 0 Å². The maximum Gasteiger partial charge on any atom is 0.393 e. The van der Waals surface area contributed by atoms with E-state index in [1.165, 1.54) is 70.8 Å². The molecule has 2 aliphatic carbocycles. The van der Waals surface area contributed by atoms with E-state index in [0.29, 0.717) is 25.7 Å². The van der Waals surface area contributed by atoms with E-state index in [0.717, 1.165) is 19.6 Å². The molecule has 1 saturated heterocycles. The highest BCUT2D eigenvalue weighted by Gasteiger charge is 2.50. The fourth-order valence-electron chi connectivity index (χ4n) is 12.6. The van der Waals surface area contributed by atoms with Gasteiger partial charge < -0.3 is 70.1 Å². The first-order valence-electron chi connectivity index (χ1n) is 34.6. The van der Waals surface area contributed by atoms with Crippen molar-refractivity contribution in [1.82, 2.24) is 55.6 Å². The van der Waals surface area contributed by atoms with Gasteiger partial charge in [-0.2, -0.15) is 13.2 Å². The normalized spacial score (nSPS) is 27.1. The third kappa shape index (κ3) is 26.0. The summed E-state index contributed by atoms with van der Waals surface area (Å²) in [5, 5.41) is 20.9. The van der Waals surface area contributed by atoms with Gasteiger partial charge in [0.2, 0.25) is 65.0 Å². The van der Waals surface area contributed by atoms with E-state index in [-0.39, 0.29) is 108 Å². The number of alkyl halides is 4. The van der Waals surface area contributed by atoms with Crippen LogP contribution in [0.25, 0.3) is 0 Å². The summed E-state index contributed by atoms with van der Waals surface area (Å²) in [5.74, 6) is -10.5. The first-order valence-corrected chi connectivity index (χ1v) is 35.1. The predicted molar refractivity (Wildman–Crippen MR) is 361 cm³/mol. The summed E-state index contributed by atoms with van der Waals surface area (Å²) < 4.78 is 53.8. The van der Waals surface area contributed by atoms with Crippen LogP contribution in [0.2, 0.25) is 0 Å². The molecule has 0 bridgehead atoms. The number of aliphatic hydroxyl groups is 1. The maximum absolute atomic E-state index is 15.3. The predicted octanol–water partition coefficient (Wildman–Crippen LogP) is 4.72. The van der Waals surface area contributed by atoms with Gasteiger partial charge in [0.1, 0.15) is 41.8 Å². The lowest BCUT2D eigenvalue weighted by Crippen LogP contribution is -2.65. The Morgan fingerprint density at radius 1 is 0.629 bits per heavy atom. The van der Waals surface area contributed by atoms with E-state index >= 15 is 14.4 Å². The molecule has 0 aromatic rings. The minimum atomic E-state index is -4.54. The summed E-state index contributed by atoms with van der Waals surface area (Å²) in [6.07, 6.45) is -2.65. The van der Waals surface area contributed by atoms with Crippen LogP contribution >= 0.6 is 11.6 Å². The molecule has 1 spiro atoms. The number of carbonyl (C=O) groups excluding carboxylic acids is 11. The Hall–Kier alpha value is -5.87. The van der Waals surface area contributed by atoms with Crippen molar-refractivity contribution in [1.29, 1.82) is 0 Å². The van der Waals surface area contributed by atoms with Crippen LogP contribution in [0.1, 0.15) is 173 Å². The second kappa shape index (κ2) is 38.6. The molecular weight excluding hydrogens is 1290 g/mol. The first kappa shape index (κ1) is 85.4. The lowest BCUT2D eigenvalue weighted by molar-refractivity contribution is -0.182. The molecule has 1 aliphatic heterocycles.